The maximum absolute atomic E-state index is 8.63. The highest BCUT2D eigenvalue weighted by molar-refractivity contribution is 6.34. The molecule has 1 N–H and O–H groups in total. The molecule has 3 nitrogen and oxygen atoms in total. The van der Waals surface area contributed by atoms with Crippen LogP contribution in [-0.4, -0.2) is 30.2 Å². The number of nitrogens with zero attached hydrogens (tertiary/aromatic N) is 2. The number of aromatic nitrogens is 2. The Labute approximate surface area is 55.4 Å². The molecule has 0 spiro atoms. The van der Waals surface area contributed by atoms with Crippen LogP contribution in [0.1, 0.15) is 5.69 Å². The monoisotopic (exact) mass is 122 g/mol. The van der Waals surface area contributed by atoms with E-state index in [0.717, 1.165) is 11.2 Å². The minimum atomic E-state index is -0.0281. The Balaban J connectivity index is 3.04. The van der Waals surface area contributed by atoms with Crippen LogP contribution in [0, 0.1) is 6.92 Å². The van der Waals surface area contributed by atoms with E-state index >= 15 is 0 Å². The minimum Gasteiger partial charge on any atom is -0.434 e. The molecule has 0 amide bonds. The van der Waals surface area contributed by atoms with Crippen LogP contribution < -0.4 is 5.46 Å². The van der Waals surface area contributed by atoms with Crippen molar-refractivity contribution in [2.24, 2.45) is 0 Å². The van der Waals surface area contributed by atoms with Crippen molar-refractivity contribution < 1.29 is 5.02 Å². The van der Waals surface area contributed by atoms with E-state index in [2.05, 4.69) is 5.10 Å². The second-order valence-electron chi connectivity index (χ2n) is 2.05. The molecule has 1 aromatic rings. The predicted octanol–water partition coefficient (Wildman–Crippen LogP) is -2.44. The summed E-state index contributed by atoms with van der Waals surface area (Å²) in [5.74, 6) is 0. The maximum atomic E-state index is 8.63. The van der Waals surface area contributed by atoms with Crippen LogP contribution >= 0.6 is 0 Å². The summed E-state index contributed by atoms with van der Waals surface area (Å²) in [4.78, 5) is 0. The molecule has 0 aromatic carbocycles. The third-order valence-corrected chi connectivity index (χ3v) is 1.48. The van der Waals surface area contributed by atoms with Gasteiger partial charge in [0.05, 0.1) is 0 Å². The summed E-state index contributed by atoms with van der Waals surface area (Å²) in [5.41, 5.74) is 2.14. The quantitative estimate of drug-likeness (QED) is 0.420. The van der Waals surface area contributed by atoms with Gasteiger partial charge in [0.25, 0.3) is 0 Å². The van der Waals surface area contributed by atoms with Gasteiger partial charge in [0, 0.05) is 11.9 Å². The van der Waals surface area contributed by atoms with Gasteiger partial charge in [-0.2, -0.15) is 5.10 Å². The van der Waals surface area contributed by atoms with Gasteiger partial charge in [-0.3, -0.25) is 4.59 Å². The molecule has 1 rings (SSSR count). The van der Waals surface area contributed by atoms with Gasteiger partial charge in [-0.15, -0.1) is 0 Å². The Kier molecular flexibility index (Phi) is 1.62. The average molecular weight is 122 g/mol. The van der Waals surface area contributed by atoms with E-state index < -0.39 is 0 Å². The summed E-state index contributed by atoms with van der Waals surface area (Å²) in [5, 5.41) is 12.5. The normalized spacial score (nSPS) is 9.56. The Morgan fingerprint density at radius 1 is 1.89 bits per heavy atom. The molecule has 0 saturated carbocycles. The zero-order valence-electron chi connectivity index (χ0n) is 5.63. The van der Waals surface area contributed by atoms with Crippen molar-refractivity contribution in [2.45, 2.75) is 6.92 Å². The highest BCUT2D eigenvalue weighted by atomic mass is 16.2. The molecule has 0 unspecified atom stereocenters. The first kappa shape index (κ1) is 6.42. The van der Waals surface area contributed by atoms with Gasteiger partial charge < -0.3 is 5.02 Å². The third-order valence-electron chi connectivity index (χ3n) is 1.48. The maximum Gasteiger partial charge on any atom is 0.416 e. The zero-order chi connectivity index (χ0) is 6.85. The summed E-state index contributed by atoms with van der Waals surface area (Å²) in [7, 11) is 1.94. The van der Waals surface area contributed by atoms with Crippen LogP contribution in [0.5, 0.6) is 0 Å². The lowest BCUT2D eigenvalue weighted by Crippen LogP contribution is -2.12. The van der Waals surface area contributed by atoms with Crippen LogP contribution in [-0.2, 0) is 0 Å². The van der Waals surface area contributed by atoms with Crippen molar-refractivity contribution in [3.05, 3.63) is 11.9 Å². The summed E-state index contributed by atoms with van der Waals surface area (Å²) in [6.07, 6.45) is 1.74. The van der Waals surface area contributed by atoms with Crippen molar-refractivity contribution in [1.29, 1.82) is 0 Å². The first-order valence-electron chi connectivity index (χ1n) is 2.85. The van der Waals surface area contributed by atoms with Crippen molar-refractivity contribution >= 4 is 20.9 Å². The first-order chi connectivity index (χ1) is 4.25. The summed E-state index contributed by atoms with van der Waals surface area (Å²) >= 11 is 0. The fourth-order valence-corrected chi connectivity index (χ4v) is 0.682. The predicted molar refractivity (Wildman–Crippen MR) is 39.9 cm³/mol. The van der Waals surface area contributed by atoms with Crippen molar-refractivity contribution in [3.8, 4) is 0 Å². The van der Waals surface area contributed by atoms with Gasteiger partial charge in [-0.1, -0.05) is 5.46 Å². The lowest BCUT2D eigenvalue weighted by atomic mass is 9.97. The molecule has 0 radical (unpaired) electrons. The molecule has 0 fully saturated rings. The molecule has 46 valence electrons. The van der Waals surface area contributed by atoms with Gasteiger partial charge in [-0.25, -0.2) is 0 Å². The lowest BCUT2D eigenvalue weighted by Gasteiger charge is -1.94. The Hall–Kier alpha value is -0.700. The average Bonchev–Trinajstić information content (AvgIpc) is 2.15. The van der Waals surface area contributed by atoms with Crippen LogP contribution in [0.15, 0.2) is 6.20 Å². The van der Waals surface area contributed by atoms with E-state index in [9.17, 15) is 0 Å². The van der Waals surface area contributed by atoms with Crippen LogP contribution in [0.2, 0.25) is 0 Å². The molecule has 1 aromatic heterocycles. The standard InChI is InChI=1S/C4H8B2N2O/c1-3-4(5)2-7-8(3)6-9/h2,6,9H,5H2,1H3. The van der Waals surface area contributed by atoms with E-state index in [4.69, 9.17) is 5.02 Å². The van der Waals surface area contributed by atoms with Crippen molar-refractivity contribution in [3.63, 3.8) is 0 Å². The molecule has 0 aliphatic heterocycles. The summed E-state index contributed by atoms with van der Waals surface area (Å²) in [6, 6.07) is 0. The van der Waals surface area contributed by atoms with Crippen molar-refractivity contribution in [2.75, 3.05) is 0 Å². The first-order valence-corrected chi connectivity index (χ1v) is 2.85. The molecule has 0 saturated heterocycles. The van der Waals surface area contributed by atoms with E-state index in [1.165, 1.54) is 0 Å². The molecular formula is C4H8B2N2O. The Morgan fingerprint density at radius 3 is 2.78 bits per heavy atom. The van der Waals surface area contributed by atoms with Crippen LogP contribution in [0.4, 0.5) is 0 Å². The smallest absolute Gasteiger partial charge is 0.416 e. The largest absolute Gasteiger partial charge is 0.434 e. The molecular weight excluding hydrogens is 114 g/mol. The molecule has 5 heteroatoms. The SMILES string of the molecule is Bc1cnn(BO)c1C. The number of rotatable bonds is 1. The Bertz CT molecular complexity index is 210. The second-order valence-corrected chi connectivity index (χ2v) is 2.05. The fourth-order valence-electron chi connectivity index (χ4n) is 0.682. The molecule has 9 heavy (non-hydrogen) atoms. The van der Waals surface area contributed by atoms with Gasteiger partial charge >= 0.3 is 7.62 Å². The van der Waals surface area contributed by atoms with Gasteiger partial charge in [0.2, 0.25) is 0 Å². The topological polar surface area (TPSA) is 38.0 Å². The van der Waals surface area contributed by atoms with Gasteiger partial charge in [-0.05, 0) is 6.92 Å². The van der Waals surface area contributed by atoms with E-state index in [1.54, 1.807) is 10.8 Å². The zero-order valence-corrected chi connectivity index (χ0v) is 5.63. The second kappa shape index (κ2) is 2.27. The fraction of sp³-hybridized carbons (Fsp3) is 0.250. The molecule has 0 bridgehead atoms. The van der Waals surface area contributed by atoms with E-state index in [0.29, 0.717) is 0 Å². The molecule has 0 aliphatic rings. The van der Waals surface area contributed by atoms with Crippen LogP contribution in [0.3, 0.4) is 0 Å². The molecule has 1 heterocycles. The van der Waals surface area contributed by atoms with Crippen molar-refractivity contribution in [1.82, 2.24) is 9.69 Å². The third kappa shape index (κ3) is 1.00. The molecule has 0 aliphatic carbocycles. The van der Waals surface area contributed by atoms with Crippen LogP contribution in [0.25, 0.3) is 0 Å². The van der Waals surface area contributed by atoms with Gasteiger partial charge in [0.15, 0.2) is 0 Å². The van der Waals surface area contributed by atoms with E-state index in [1.807, 2.05) is 14.8 Å². The lowest BCUT2D eigenvalue weighted by molar-refractivity contribution is 0.575. The minimum absolute atomic E-state index is 0.0281. The summed E-state index contributed by atoms with van der Waals surface area (Å²) < 4.78 is 1.55. The Morgan fingerprint density at radius 2 is 2.56 bits per heavy atom. The highest BCUT2D eigenvalue weighted by Crippen LogP contribution is 1.86. The summed E-state index contributed by atoms with van der Waals surface area (Å²) in [6.45, 7) is 1.93. The van der Waals surface area contributed by atoms with E-state index in [-0.39, 0.29) is 7.62 Å². The molecule has 0 atom stereocenters. The number of hydrogen-bond donors (Lipinski definition) is 1. The highest BCUT2D eigenvalue weighted by Gasteiger charge is 1.99. The number of hydrogen-bond acceptors (Lipinski definition) is 2. The van der Waals surface area contributed by atoms with Gasteiger partial charge in [0.1, 0.15) is 7.85 Å².